The summed E-state index contributed by atoms with van der Waals surface area (Å²) in [4.78, 5) is 16.2. The summed E-state index contributed by atoms with van der Waals surface area (Å²) < 4.78 is 54.5. The minimum absolute atomic E-state index is 0.0347. The highest BCUT2D eigenvalue weighted by molar-refractivity contribution is 5.65. The maximum atomic E-state index is 12.8. The van der Waals surface area contributed by atoms with E-state index in [0.29, 0.717) is 18.4 Å². The number of benzene rings is 1. The van der Waals surface area contributed by atoms with Crippen LogP contribution in [0.15, 0.2) is 48.7 Å². The summed E-state index contributed by atoms with van der Waals surface area (Å²) in [5.74, 6) is -0.967. The number of hydroxylamine groups is 2. The van der Waals surface area contributed by atoms with Gasteiger partial charge in [-0.25, -0.2) is 4.79 Å². The van der Waals surface area contributed by atoms with Gasteiger partial charge in [0.1, 0.15) is 18.6 Å². The fourth-order valence-corrected chi connectivity index (χ4v) is 2.20. The predicted octanol–water partition coefficient (Wildman–Crippen LogP) is 3.88. The molecule has 2 rings (SSSR count). The summed E-state index contributed by atoms with van der Waals surface area (Å²) in [6.45, 7) is 1.78. The van der Waals surface area contributed by atoms with Crippen LogP contribution in [0.3, 0.4) is 0 Å². The lowest BCUT2D eigenvalue weighted by molar-refractivity contribution is -0.132. The fraction of sp³-hybridized carbons (Fsp3) is 0.368. The van der Waals surface area contributed by atoms with Gasteiger partial charge in [-0.3, -0.25) is 9.52 Å². The van der Waals surface area contributed by atoms with E-state index < -0.39 is 18.0 Å². The van der Waals surface area contributed by atoms with Crippen LogP contribution in [-0.2, 0) is 27.5 Å². The highest BCUT2D eigenvalue weighted by Gasteiger charge is 2.36. The zero-order valence-electron chi connectivity index (χ0n) is 16.7. The molecular formula is C19H22F3N3O5. The van der Waals surface area contributed by atoms with E-state index >= 15 is 0 Å². The number of alkyl halides is 3. The quantitative estimate of drug-likeness (QED) is 0.445. The molecule has 164 valence electrons. The number of hydrogen-bond donors (Lipinski definition) is 0. The fourth-order valence-electron chi connectivity index (χ4n) is 2.20. The van der Waals surface area contributed by atoms with Crippen LogP contribution in [0.1, 0.15) is 18.1 Å². The number of carbonyl (C=O) groups excluding carboxylic acids is 1. The summed E-state index contributed by atoms with van der Waals surface area (Å²) >= 11 is 0. The highest BCUT2D eigenvalue weighted by atomic mass is 19.4. The molecular weight excluding hydrogens is 407 g/mol. The number of hydrogen-bond acceptors (Lipinski definition) is 6. The van der Waals surface area contributed by atoms with Crippen molar-refractivity contribution in [3.05, 3.63) is 59.8 Å². The van der Waals surface area contributed by atoms with Crippen LogP contribution < -0.4 is 4.74 Å². The van der Waals surface area contributed by atoms with Gasteiger partial charge in [0, 0.05) is 18.8 Å². The Bertz CT molecular complexity index is 850. The summed E-state index contributed by atoms with van der Waals surface area (Å²) in [5.41, 5.74) is 1.53. The lowest BCUT2D eigenvalue weighted by atomic mass is 10.2. The van der Waals surface area contributed by atoms with Crippen LogP contribution in [0.4, 0.5) is 18.0 Å². The number of rotatable bonds is 9. The molecule has 1 heterocycles. The van der Waals surface area contributed by atoms with Gasteiger partial charge in [0.05, 0.1) is 26.5 Å². The zero-order valence-corrected chi connectivity index (χ0v) is 16.7. The second kappa shape index (κ2) is 10.5. The largest absolute Gasteiger partial charge is 0.487 e. The number of aromatic nitrogens is 2. The van der Waals surface area contributed by atoms with Crippen LogP contribution in [0.25, 0.3) is 0 Å². The minimum atomic E-state index is -4.62. The first-order valence-electron chi connectivity index (χ1n) is 8.84. The van der Waals surface area contributed by atoms with Crippen molar-refractivity contribution in [2.45, 2.75) is 26.3 Å². The van der Waals surface area contributed by atoms with Crippen LogP contribution >= 0.6 is 0 Å². The summed E-state index contributed by atoms with van der Waals surface area (Å²) in [6, 6.07) is 6.48. The summed E-state index contributed by atoms with van der Waals surface area (Å²) in [7, 11) is 2.77. The monoisotopic (exact) mass is 429 g/mol. The Balaban J connectivity index is 1.92. The molecule has 2 aromatic rings. The Morgan fingerprint density at radius 1 is 1.20 bits per heavy atom. The van der Waals surface area contributed by atoms with Crippen molar-refractivity contribution in [3.63, 3.8) is 0 Å². The first-order valence-corrected chi connectivity index (χ1v) is 8.84. The van der Waals surface area contributed by atoms with E-state index in [1.54, 1.807) is 41.3 Å². The Morgan fingerprint density at radius 3 is 2.50 bits per heavy atom. The van der Waals surface area contributed by atoms with Crippen molar-refractivity contribution in [1.29, 1.82) is 0 Å². The lowest BCUT2D eigenvalue weighted by Gasteiger charge is -2.12. The molecule has 0 spiro atoms. The van der Waals surface area contributed by atoms with E-state index in [1.807, 2.05) is 0 Å². The second-order valence-corrected chi connectivity index (χ2v) is 5.96. The molecule has 0 saturated heterocycles. The summed E-state index contributed by atoms with van der Waals surface area (Å²) in [5, 5.41) is 5.14. The number of carbonyl (C=O) groups is 1. The molecule has 0 saturated carbocycles. The maximum absolute atomic E-state index is 12.8. The first-order chi connectivity index (χ1) is 14.2. The normalized spacial score (nSPS) is 11.9. The average Bonchev–Trinajstić information content (AvgIpc) is 3.16. The van der Waals surface area contributed by atoms with E-state index in [9.17, 15) is 18.0 Å². The van der Waals surface area contributed by atoms with Crippen molar-refractivity contribution in [1.82, 2.24) is 14.8 Å². The van der Waals surface area contributed by atoms with Crippen molar-refractivity contribution in [2.24, 2.45) is 0 Å². The minimum Gasteiger partial charge on any atom is -0.487 e. The first kappa shape index (κ1) is 23.1. The third-order valence-corrected chi connectivity index (χ3v) is 3.73. The Hall–Kier alpha value is -3.21. The van der Waals surface area contributed by atoms with Gasteiger partial charge in [-0.05, 0) is 24.6 Å². The molecule has 11 heteroatoms. The topological polar surface area (TPSA) is 75.1 Å². The van der Waals surface area contributed by atoms with Gasteiger partial charge >= 0.3 is 12.3 Å². The maximum Gasteiger partial charge on any atom is 0.452 e. The van der Waals surface area contributed by atoms with Crippen molar-refractivity contribution >= 4 is 6.09 Å². The van der Waals surface area contributed by atoms with Gasteiger partial charge < -0.3 is 14.2 Å². The van der Waals surface area contributed by atoms with Gasteiger partial charge in [0.15, 0.2) is 0 Å². The Morgan fingerprint density at radius 2 is 1.90 bits per heavy atom. The van der Waals surface area contributed by atoms with Gasteiger partial charge in [-0.1, -0.05) is 12.1 Å². The molecule has 0 atom stereocenters. The van der Waals surface area contributed by atoms with Gasteiger partial charge in [0.25, 0.3) is 0 Å². The van der Waals surface area contributed by atoms with Crippen molar-refractivity contribution in [3.8, 4) is 5.75 Å². The van der Waals surface area contributed by atoms with Crippen molar-refractivity contribution in [2.75, 3.05) is 20.8 Å². The smallest absolute Gasteiger partial charge is 0.452 e. The number of nitrogens with zero attached hydrogens (tertiary/aromatic N) is 3. The number of ether oxygens (including phenoxy) is 3. The van der Waals surface area contributed by atoms with Gasteiger partial charge in [-0.2, -0.15) is 23.3 Å². The molecule has 0 bridgehead atoms. The molecule has 1 aromatic carbocycles. The third kappa shape index (κ3) is 6.99. The average molecular weight is 429 g/mol. The van der Waals surface area contributed by atoms with Crippen molar-refractivity contribution < 1.29 is 37.0 Å². The van der Waals surface area contributed by atoms with Gasteiger partial charge in [-0.15, -0.1) is 0 Å². The standard InChI is InChI=1S/C19H22F3N3O5/c1-4-28-17(19(20,21)22)13-29-16-7-5-14(6-8-16)10-25-11-15(9-23-25)12-30-18(26)24(2)27-3/h5-9,11,13H,4,10,12H2,1-3H3. The molecule has 1 aromatic heterocycles. The molecule has 1 amide bonds. The molecule has 0 aliphatic carbocycles. The molecule has 8 nitrogen and oxygen atoms in total. The van der Waals surface area contributed by atoms with E-state index in [-0.39, 0.29) is 19.0 Å². The van der Waals surface area contributed by atoms with E-state index in [4.69, 9.17) is 14.3 Å². The molecule has 0 aliphatic rings. The number of amides is 1. The van der Waals surface area contributed by atoms with Crippen LogP contribution in [0.2, 0.25) is 0 Å². The Labute approximate surface area is 171 Å². The van der Waals surface area contributed by atoms with Crippen LogP contribution in [-0.4, -0.2) is 47.9 Å². The van der Waals surface area contributed by atoms with E-state index in [0.717, 1.165) is 10.6 Å². The SMILES string of the molecule is CCOC(=COc1ccc(Cn2cc(COC(=O)N(C)OC)cn2)cc1)C(F)(F)F. The van der Waals surface area contributed by atoms with Gasteiger partial charge in [0.2, 0.25) is 5.76 Å². The van der Waals surface area contributed by atoms with Crippen LogP contribution in [0.5, 0.6) is 5.75 Å². The molecule has 0 radical (unpaired) electrons. The van der Waals surface area contributed by atoms with E-state index in [2.05, 4.69) is 9.84 Å². The third-order valence-electron chi connectivity index (χ3n) is 3.73. The summed E-state index contributed by atoms with van der Waals surface area (Å²) in [6.07, 6.45) is -1.44. The van der Waals surface area contributed by atoms with E-state index in [1.165, 1.54) is 21.1 Å². The molecule has 0 fully saturated rings. The number of halogens is 3. The molecule has 0 aliphatic heterocycles. The molecule has 0 N–H and O–H groups in total. The number of allylic oxidation sites excluding steroid dienone is 1. The van der Waals surface area contributed by atoms with Crippen LogP contribution in [0, 0.1) is 0 Å². The predicted molar refractivity (Wildman–Crippen MR) is 99.1 cm³/mol. The Kier molecular flexibility index (Phi) is 8.10. The zero-order chi connectivity index (χ0) is 22.1. The molecule has 30 heavy (non-hydrogen) atoms. The molecule has 0 unspecified atom stereocenters. The second-order valence-electron chi connectivity index (χ2n) is 5.96. The lowest BCUT2D eigenvalue weighted by Crippen LogP contribution is -2.25. The highest BCUT2D eigenvalue weighted by Crippen LogP contribution is 2.27.